The Bertz CT molecular complexity index is 520. The fraction of sp³-hybridized carbons (Fsp3) is 0.538. The molecule has 1 aromatic carbocycles. The van der Waals surface area contributed by atoms with Crippen molar-refractivity contribution in [1.29, 1.82) is 0 Å². The van der Waals surface area contributed by atoms with Crippen molar-refractivity contribution in [1.82, 2.24) is 0 Å². The molecule has 3 nitrogen and oxygen atoms in total. The van der Waals surface area contributed by atoms with Gasteiger partial charge in [0.1, 0.15) is 0 Å². The van der Waals surface area contributed by atoms with Gasteiger partial charge >= 0.3 is 0 Å². The zero-order valence-corrected chi connectivity index (χ0v) is 11.8. The van der Waals surface area contributed by atoms with Gasteiger partial charge in [0.05, 0.1) is 15.8 Å². The molecular weight excluding hydrogens is 270 g/mol. The Morgan fingerprint density at radius 3 is 2.33 bits per heavy atom. The summed E-state index contributed by atoms with van der Waals surface area (Å²) in [4.78, 5) is 0.196. The van der Waals surface area contributed by atoms with Crippen molar-refractivity contribution in [3.05, 3.63) is 23.2 Å². The summed E-state index contributed by atoms with van der Waals surface area (Å²) in [7, 11) is -3.35. The number of rotatable bonds is 2. The second-order valence-electron chi connectivity index (χ2n) is 4.84. The van der Waals surface area contributed by atoms with Crippen LogP contribution in [0.15, 0.2) is 23.1 Å². The average Bonchev–Trinajstić information content (AvgIpc) is 2.61. The molecule has 0 aliphatic heterocycles. The summed E-state index contributed by atoms with van der Waals surface area (Å²) in [5, 5.41) is 0.108. The van der Waals surface area contributed by atoms with E-state index in [1.54, 1.807) is 12.1 Å². The van der Waals surface area contributed by atoms with Crippen molar-refractivity contribution in [2.75, 3.05) is 5.73 Å². The van der Waals surface area contributed by atoms with Gasteiger partial charge < -0.3 is 5.73 Å². The molecule has 1 saturated carbocycles. The van der Waals surface area contributed by atoms with Crippen LogP contribution >= 0.6 is 11.6 Å². The minimum Gasteiger partial charge on any atom is -0.398 e. The molecule has 0 saturated heterocycles. The second-order valence-corrected chi connectivity index (χ2v) is 7.47. The topological polar surface area (TPSA) is 60.2 Å². The van der Waals surface area contributed by atoms with E-state index < -0.39 is 9.84 Å². The number of sulfone groups is 1. The van der Waals surface area contributed by atoms with Crippen LogP contribution in [0.25, 0.3) is 0 Å². The van der Waals surface area contributed by atoms with Crippen molar-refractivity contribution < 1.29 is 8.42 Å². The Morgan fingerprint density at radius 2 is 1.72 bits per heavy atom. The largest absolute Gasteiger partial charge is 0.398 e. The fourth-order valence-corrected chi connectivity index (χ4v) is 4.72. The lowest BCUT2D eigenvalue weighted by Crippen LogP contribution is -2.21. The molecule has 0 atom stereocenters. The summed E-state index contributed by atoms with van der Waals surface area (Å²) < 4.78 is 25.1. The van der Waals surface area contributed by atoms with Crippen molar-refractivity contribution in [3.63, 3.8) is 0 Å². The molecule has 1 aromatic rings. The molecule has 1 fully saturated rings. The minimum absolute atomic E-state index is 0.196. The van der Waals surface area contributed by atoms with Gasteiger partial charge in [0.25, 0.3) is 0 Å². The molecule has 0 aromatic heterocycles. The van der Waals surface area contributed by atoms with Crippen LogP contribution in [0.4, 0.5) is 5.69 Å². The van der Waals surface area contributed by atoms with E-state index in [-0.39, 0.29) is 10.1 Å². The van der Waals surface area contributed by atoms with Gasteiger partial charge in [-0.25, -0.2) is 8.42 Å². The molecular formula is C13H18ClNO2S. The number of anilines is 1. The lowest BCUT2D eigenvalue weighted by molar-refractivity contribution is 0.563. The summed E-state index contributed by atoms with van der Waals surface area (Å²) in [6, 6.07) is 4.64. The van der Waals surface area contributed by atoms with Crippen LogP contribution < -0.4 is 5.73 Å². The Labute approximate surface area is 113 Å². The smallest absolute Gasteiger partial charge is 0.183 e. The maximum Gasteiger partial charge on any atom is 0.183 e. The van der Waals surface area contributed by atoms with Crippen LogP contribution in [0.2, 0.25) is 5.02 Å². The molecule has 0 unspecified atom stereocenters. The molecule has 2 N–H and O–H groups in total. The van der Waals surface area contributed by atoms with E-state index in [1.807, 2.05) is 0 Å². The maximum atomic E-state index is 12.6. The summed E-state index contributed by atoms with van der Waals surface area (Å²) >= 11 is 5.87. The summed E-state index contributed by atoms with van der Waals surface area (Å²) in [5.74, 6) is 0. The van der Waals surface area contributed by atoms with Gasteiger partial charge in [-0.1, -0.05) is 37.3 Å². The van der Waals surface area contributed by atoms with Crippen molar-refractivity contribution in [3.8, 4) is 0 Å². The quantitative estimate of drug-likeness (QED) is 0.670. The highest BCUT2D eigenvalue weighted by atomic mass is 35.5. The highest BCUT2D eigenvalue weighted by Gasteiger charge is 2.29. The van der Waals surface area contributed by atoms with Crippen LogP contribution in [0.5, 0.6) is 0 Å². The van der Waals surface area contributed by atoms with Gasteiger partial charge in [0.15, 0.2) is 9.84 Å². The van der Waals surface area contributed by atoms with E-state index in [9.17, 15) is 8.42 Å². The Hall–Kier alpha value is -0.740. The van der Waals surface area contributed by atoms with Gasteiger partial charge in [-0.05, 0) is 31.0 Å². The van der Waals surface area contributed by atoms with E-state index in [0.717, 1.165) is 38.5 Å². The molecule has 18 heavy (non-hydrogen) atoms. The van der Waals surface area contributed by atoms with Gasteiger partial charge in [-0.2, -0.15) is 0 Å². The molecule has 1 aliphatic rings. The normalized spacial score (nSPS) is 18.5. The lowest BCUT2D eigenvalue weighted by Gasteiger charge is -2.16. The average molecular weight is 288 g/mol. The Kier molecular flexibility index (Phi) is 4.17. The monoisotopic (exact) mass is 287 g/mol. The van der Waals surface area contributed by atoms with Crippen LogP contribution in [0, 0.1) is 0 Å². The first-order chi connectivity index (χ1) is 8.51. The highest BCUT2D eigenvalue weighted by Crippen LogP contribution is 2.31. The van der Waals surface area contributed by atoms with Crippen LogP contribution in [0.1, 0.15) is 38.5 Å². The molecule has 5 heteroatoms. The molecule has 0 heterocycles. The standard InChI is InChI=1S/C13H18ClNO2S/c14-10-7-8-12(15)13(9-10)18(16,17)11-5-3-1-2-4-6-11/h7-9,11H,1-6,15H2. The molecule has 100 valence electrons. The van der Waals surface area contributed by atoms with Crippen LogP contribution in [-0.4, -0.2) is 13.7 Å². The minimum atomic E-state index is -3.35. The fourth-order valence-electron chi connectivity index (χ4n) is 2.49. The van der Waals surface area contributed by atoms with E-state index in [4.69, 9.17) is 17.3 Å². The zero-order chi connectivity index (χ0) is 13.2. The first-order valence-corrected chi connectivity index (χ1v) is 8.23. The van der Waals surface area contributed by atoms with Crippen LogP contribution in [-0.2, 0) is 9.84 Å². The Morgan fingerprint density at radius 1 is 1.11 bits per heavy atom. The molecule has 0 spiro atoms. The van der Waals surface area contributed by atoms with Gasteiger partial charge in [-0.3, -0.25) is 0 Å². The molecule has 0 amide bonds. The third-order valence-electron chi connectivity index (χ3n) is 3.52. The molecule has 0 radical (unpaired) electrons. The van der Waals surface area contributed by atoms with Gasteiger partial charge in [-0.15, -0.1) is 0 Å². The number of benzene rings is 1. The number of halogens is 1. The van der Waals surface area contributed by atoms with E-state index in [0.29, 0.717) is 10.7 Å². The number of hydrogen-bond donors (Lipinski definition) is 1. The predicted octanol–water partition coefficient (Wildman–Crippen LogP) is 3.42. The molecule has 1 aliphatic carbocycles. The van der Waals surface area contributed by atoms with E-state index >= 15 is 0 Å². The number of nitrogen functional groups attached to an aromatic ring is 1. The van der Waals surface area contributed by atoms with E-state index in [2.05, 4.69) is 0 Å². The van der Waals surface area contributed by atoms with Crippen LogP contribution in [0.3, 0.4) is 0 Å². The van der Waals surface area contributed by atoms with Gasteiger partial charge in [0, 0.05) is 5.02 Å². The number of hydrogen-bond acceptors (Lipinski definition) is 3. The van der Waals surface area contributed by atoms with Gasteiger partial charge in [0.2, 0.25) is 0 Å². The van der Waals surface area contributed by atoms with Crippen molar-refractivity contribution >= 4 is 27.1 Å². The summed E-state index contributed by atoms with van der Waals surface area (Å²) in [6.45, 7) is 0. The summed E-state index contributed by atoms with van der Waals surface area (Å²) in [6.07, 6.45) is 5.66. The van der Waals surface area contributed by atoms with Crippen molar-refractivity contribution in [2.24, 2.45) is 0 Å². The third-order valence-corrected chi connectivity index (χ3v) is 6.07. The van der Waals surface area contributed by atoms with E-state index in [1.165, 1.54) is 6.07 Å². The number of nitrogens with two attached hydrogens (primary N) is 1. The molecule has 0 bridgehead atoms. The summed E-state index contributed by atoms with van der Waals surface area (Å²) in [5.41, 5.74) is 6.08. The van der Waals surface area contributed by atoms with Crippen molar-refractivity contribution in [2.45, 2.75) is 48.7 Å². The lowest BCUT2D eigenvalue weighted by atomic mass is 10.2. The maximum absolute atomic E-state index is 12.6. The first-order valence-electron chi connectivity index (χ1n) is 6.31. The first kappa shape index (κ1) is 13.7. The Balaban J connectivity index is 2.37. The molecule has 2 rings (SSSR count). The SMILES string of the molecule is Nc1ccc(Cl)cc1S(=O)(=O)C1CCCCCC1. The predicted molar refractivity (Wildman–Crippen MR) is 74.5 cm³/mol. The second kappa shape index (κ2) is 5.49. The highest BCUT2D eigenvalue weighted by molar-refractivity contribution is 7.92. The zero-order valence-electron chi connectivity index (χ0n) is 10.2. The third kappa shape index (κ3) is 2.81.